The van der Waals surface area contributed by atoms with Gasteiger partial charge >= 0.3 is 5.97 Å². The van der Waals surface area contributed by atoms with E-state index < -0.39 is 66.1 Å². The van der Waals surface area contributed by atoms with E-state index in [0.29, 0.717) is 22.7 Å². The molecule has 12 heteroatoms. The van der Waals surface area contributed by atoms with Gasteiger partial charge in [-0.05, 0) is 43.9 Å². The highest BCUT2D eigenvalue weighted by Gasteiger charge is 2.77. The van der Waals surface area contributed by atoms with E-state index in [1.165, 1.54) is 9.80 Å². The van der Waals surface area contributed by atoms with Gasteiger partial charge < -0.3 is 29.7 Å². The smallest absolute Gasteiger partial charge is 0.312 e. The summed E-state index contributed by atoms with van der Waals surface area (Å²) in [7, 11) is 0. The van der Waals surface area contributed by atoms with Crippen LogP contribution in [-0.2, 0) is 28.7 Å². The second-order valence-electron chi connectivity index (χ2n) is 12.5. The lowest BCUT2D eigenvalue weighted by Gasteiger charge is -2.40. The zero-order chi connectivity index (χ0) is 34.7. The summed E-state index contributed by atoms with van der Waals surface area (Å²) in [5, 5.41) is 13.9. The molecule has 5 rings (SSSR count). The molecule has 256 valence electrons. The number of hydrogen-bond acceptors (Lipinski definition) is 7. The van der Waals surface area contributed by atoms with Gasteiger partial charge in [0.15, 0.2) is 0 Å². The van der Waals surface area contributed by atoms with Gasteiger partial charge in [-0.2, -0.15) is 0 Å². The average molecular weight is 743 g/mol. The molecule has 48 heavy (non-hydrogen) atoms. The van der Waals surface area contributed by atoms with Crippen molar-refractivity contribution in [3.63, 3.8) is 0 Å². The largest absolute Gasteiger partial charge is 0.460 e. The third-order valence-corrected chi connectivity index (χ3v) is 10.6. The predicted octanol–water partition coefficient (Wildman–Crippen LogP) is 4.66. The number of ether oxygens (including phenoxy) is 2. The number of aliphatic hydroxyl groups excluding tert-OH is 1. The standard InChI is InChI=1S/C36H41BrClN3O7/c1-5-7-16-27(43)39-19-22(4)47-35(46)28-29-33(44)41(26(20-42)23-13-9-8-10-14-23)32(36(29)18-24(37)31(28)48-36)34(45)40(17-6-2)30-21(3)12-11-15-25(30)38/h5-6,8-15,22,24,26,28-29,31-32,42H,1-2,7,16-20H2,3-4H3,(H,39,43)/t22-,24?,26-,28+,29-,31+,32+,36-/m1/s1. The number of carbonyl (C=O) groups excluding carboxylic acids is 4. The summed E-state index contributed by atoms with van der Waals surface area (Å²) in [6.45, 7) is 10.7. The summed E-state index contributed by atoms with van der Waals surface area (Å²) in [5.41, 5.74) is 0.415. The molecule has 3 aliphatic heterocycles. The maximum Gasteiger partial charge on any atom is 0.312 e. The van der Waals surface area contributed by atoms with Crippen molar-refractivity contribution in [1.82, 2.24) is 10.2 Å². The van der Waals surface area contributed by atoms with Crippen molar-refractivity contribution in [3.05, 3.63) is 90.0 Å². The van der Waals surface area contributed by atoms with Gasteiger partial charge in [-0.15, -0.1) is 13.2 Å². The van der Waals surface area contributed by atoms with E-state index in [2.05, 4.69) is 34.4 Å². The molecule has 10 nitrogen and oxygen atoms in total. The van der Waals surface area contributed by atoms with E-state index in [-0.39, 0.29) is 36.7 Å². The van der Waals surface area contributed by atoms with Crippen molar-refractivity contribution in [2.75, 3.05) is 24.6 Å². The van der Waals surface area contributed by atoms with Gasteiger partial charge in [0, 0.05) is 17.8 Å². The summed E-state index contributed by atoms with van der Waals surface area (Å²) in [5.74, 6) is -3.92. The first kappa shape index (κ1) is 35.8. The number of anilines is 1. The fourth-order valence-corrected chi connectivity index (χ4v) is 8.68. The Hall–Kier alpha value is -3.51. The topological polar surface area (TPSA) is 125 Å². The van der Waals surface area contributed by atoms with E-state index in [1.807, 2.05) is 19.1 Å². The molecule has 3 amide bonds. The number of halogens is 2. The molecule has 0 radical (unpaired) electrons. The summed E-state index contributed by atoms with van der Waals surface area (Å²) in [6.07, 6.45) is 2.83. The number of aliphatic hydroxyl groups is 1. The first-order chi connectivity index (χ1) is 23.0. The van der Waals surface area contributed by atoms with E-state index in [9.17, 15) is 19.5 Å². The van der Waals surface area contributed by atoms with Crippen molar-refractivity contribution in [2.45, 2.75) is 67.8 Å². The van der Waals surface area contributed by atoms with Gasteiger partial charge in [-0.25, -0.2) is 0 Å². The van der Waals surface area contributed by atoms with Crippen LogP contribution < -0.4 is 10.2 Å². The van der Waals surface area contributed by atoms with Crippen LogP contribution in [0.4, 0.5) is 5.69 Å². The molecule has 2 aromatic carbocycles. The zero-order valence-electron chi connectivity index (χ0n) is 27.0. The molecule has 3 saturated heterocycles. The average Bonchev–Trinajstić information content (AvgIpc) is 3.66. The van der Waals surface area contributed by atoms with Crippen LogP contribution in [0.1, 0.15) is 43.4 Å². The Morgan fingerprint density at radius 2 is 1.94 bits per heavy atom. The molecule has 2 N–H and O–H groups in total. The second kappa shape index (κ2) is 14.9. The molecule has 1 unspecified atom stereocenters. The number of allylic oxidation sites excluding steroid dienone is 1. The second-order valence-corrected chi connectivity index (χ2v) is 14.1. The number of fused-ring (bicyclic) bond motifs is 1. The maximum atomic E-state index is 15.0. The zero-order valence-corrected chi connectivity index (χ0v) is 29.4. The Morgan fingerprint density at radius 3 is 2.58 bits per heavy atom. The number of benzene rings is 2. The van der Waals surface area contributed by atoms with Crippen LogP contribution in [-0.4, -0.2) is 82.1 Å². The van der Waals surface area contributed by atoms with Crippen LogP contribution >= 0.6 is 27.5 Å². The summed E-state index contributed by atoms with van der Waals surface area (Å²) in [4.78, 5) is 58.4. The summed E-state index contributed by atoms with van der Waals surface area (Å²) in [6, 6.07) is 12.1. The monoisotopic (exact) mass is 741 g/mol. The van der Waals surface area contributed by atoms with E-state index in [4.69, 9.17) is 21.1 Å². The van der Waals surface area contributed by atoms with Gasteiger partial charge in [-0.3, -0.25) is 19.2 Å². The number of rotatable bonds is 14. The highest BCUT2D eigenvalue weighted by molar-refractivity contribution is 9.09. The fourth-order valence-electron chi connectivity index (χ4n) is 7.41. The fraction of sp³-hybridized carbons (Fsp3) is 0.444. The molecule has 0 aromatic heterocycles. The van der Waals surface area contributed by atoms with Crippen molar-refractivity contribution in [2.24, 2.45) is 11.8 Å². The number of amides is 3. The highest BCUT2D eigenvalue weighted by Crippen LogP contribution is 2.61. The molecule has 3 aliphatic rings. The molecule has 3 heterocycles. The normalized spacial score (nSPS) is 26.8. The van der Waals surface area contributed by atoms with Crippen molar-refractivity contribution < 1.29 is 33.8 Å². The third kappa shape index (κ3) is 6.45. The minimum atomic E-state index is -1.42. The number of esters is 1. The first-order valence-corrected chi connectivity index (χ1v) is 17.3. The molecular formula is C36H41BrClN3O7. The Morgan fingerprint density at radius 1 is 1.21 bits per heavy atom. The quantitative estimate of drug-likeness (QED) is 0.164. The summed E-state index contributed by atoms with van der Waals surface area (Å²) < 4.78 is 12.5. The molecule has 1 spiro atoms. The molecule has 3 fully saturated rings. The van der Waals surface area contributed by atoms with Crippen LogP contribution in [0, 0.1) is 18.8 Å². The van der Waals surface area contributed by atoms with E-state index >= 15 is 4.79 Å². The lowest BCUT2D eigenvalue weighted by Crippen LogP contribution is -2.57. The number of alkyl halides is 1. The lowest BCUT2D eigenvalue weighted by atomic mass is 9.70. The lowest BCUT2D eigenvalue weighted by molar-refractivity contribution is -0.159. The van der Waals surface area contributed by atoms with Crippen LogP contribution in [0.3, 0.4) is 0 Å². The molecular weight excluding hydrogens is 702 g/mol. The maximum absolute atomic E-state index is 15.0. The molecule has 2 aromatic rings. The van der Waals surface area contributed by atoms with Crippen LogP contribution in [0.15, 0.2) is 73.8 Å². The van der Waals surface area contributed by atoms with Crippen LogP contribution in [0.2, 0.25) is 5.02 Å². The number of nitrogens with zero attached hydrogens (tertiary/aromatic N) is 2. The molecule has 0 saturated carbocycles. The van der Waals surface area contributed by atoms with Gasteiger partial charge in [0.05, 0.1) is 47.8 Å². The predicted molar refractivity (Wildman–Crippen MR) is 186 cm³/mol. The van der Waals surface area contributed by atoms with E-state index in [1.54, 1.807) is 55.5 Å². The molecule has 8 atom stereocenters. The number of aryl methyl sites for hydroxylation is 1. The van der Waals surface area contributed by atoms with Gasteiger partial charge in [-0.1, -0.05) is 82.1 Å². The number of nitrogens with one attached hydrogen (secondary N) is 1. The Balaban J connectivity index is 1.55. The number of hydrogen-bond donors (Lipinski definition) is 2. The number of para-hydroxylation sites is 1. The summed E-state index contributed by atoms with van der Waals surface area (Å²) >= 11 is 10.4. The van der Waals surface area contributed by atoms with Crippen molar-refractivity contribution in [1.29, 1.82) is 0 Å². The van der Waals surface area contributed by atoms with Gasteiger partial charge in [0.2, 0.25) is 11.8 Å². The number of carbonyl (C=O) groups is 4. The highest BCUT2D eigenvalue weighted by atomic mass is 79.9. The SMILES string of the molecule is C=CCCC(=O)NC[C@@H](C)OC(=O)[C@@H]1[C@H]2O[C@@]3(CC2Br)[C@H](C(=O)N(CC=C)c2c(C)cccc2Cl)N([C@H](CO)c2ccccc2)C(=O)[C@@H]13. The third-order valence-electron chi connectivity index (χ3n) is 9.44. The number of likely N-dealkylation sites (tertiary alicyclic amines) is 1. The van der Waals surface area contributed by atoms with Gasteiger partial charge in [0.1, 0.15) is 17.7 Å². The van der Waals surface area contributed by atoms with Crippen molar-refractivity contribution >= 4 is 56.9 Å². The Bertz CT molecular complexity index is 1550. The minimum Gasteiger partial charge on any atom is -0.460 e. The van der Waals surface area contributed by atoms with Gasteiger partial charge in [0.25, 0.3) is 5.91 Å². The minimum absolute atomic E-state index is 0.0838. The van der Waals surface area contributed by atoms with E-state index in [0.717, 1.165) is 5.56 Å². The Labute approximate surface area is 294 Å². The molecule has 2 bridgehead atoms. The van der Waals surface area contributed by atoms with Crippen molar-refractivity contribution in [3.8, 4) is 0 Å². The first-order valence-electron chi connectivity index (χ1n) is 16.1. The van der Waals surface area contributed by atoms with Crippen LogP contribution in [0.5, 0.6) is 0 Å². The Kier molecular flexibility index (Phi) is 11.1. The molecule has 0 aliphatic carbocycles. The van der Waals surface area contributed by atoms with Crippen LogP contribution in [0.25, 0.3) is 0 Å².